The second-order valence-corrected chi connectivity index (χ2v) is 7.44. The fraction of sp³-hybridized carbons (Fsp3) is 0.750. The smallest absolute Gasteiger partial charge is 0.260 e. The van der Waals surface area contributed by atoms with Gasteiger partial charge in [0, 0.05) is 19.5 Å². The summed E-state index contributed by atoms with van der Waals surface area (Å²) < 4.78 is 32.3. The van der Waals surface area contributed by atoms with Gasteiger partial charge in [0.1, 0.15) is 5.82 Å². The molecule has 0 bridgehead atoms. The summed E-state index contributed by atoms with van der Waals surface area (Å²) in [5.41, 5.74) is -0.474. The largest absolute Gasteiger partial charge is 0.370 e. The number of hydrogen-bond donors (Lipinski definition) is 1. The van der Waals surface area contributed by atoms with Crippen LogP contribution in [0.5, 0.6) is 0 Å². The van der Waals surface area contributed by atoms with E-state index in [9.17, 15) is 8.42 Å². The molecule has 2 heterocycles. The fourth-order valence-corrected chi connectivity index (χ4v) is 3.97. The summed E-state index contributed by atoms with van der Waals surface area (Å²) in [6.07, 6.45) is 1.95. The third-order valence-corrected chi connectivity index (χ3v) is 4.82. The van der Waals surface area contributed by atoms with Crippen molar-refractivity contribution in [2.24, 2.45) is 0 Å². The van der Waals surface area contributed by atoms with Crippen molar-refractivity contribution >= 4 is 10.0 Å². The normalized spacial score (nSPS) is 24.5. The van der Waals surface area contributed by atoms with Crippen LogP contribution in [0.25, 0.3) is 0 Å². The summed E-state index contributed by atoms with van der Waals surface area (Å²) in [6, 6.07) is 0. The maximum Gasteiger partial charge on any atom is 0.260 e. The first-order chi connectivity index (χ1) is 8.74. The summed E-state index contributed by atoms with van der Waals surface area (Å²) in [4.78, 5) is 6.92. The molecule has 0 saturated carbocycles. The van der Waals surface area contributed by atoms with E-state index in [4.69, 9.17) is 4.74 Å². The van der Waals surface area contributed by atoms with E-state index < -0.39 is 15.6 Å². The average molecular weight is 287 g/mol. The van der Waals surface area contributed by atoms with Gasteiger partial charge in [0.15, 0.2) is 5.03 Å². The second kappa shape index (κ2) is 4.88. The van der Waals surface area contributed by atoms with Crippen LogP contribution < -0.4 is 0 Å². The molecule has 0 amide bonds. The molecule has 19 heavy (non-hydrogen) atoms. The van der Waals surface area contributed by atoms with Gasteiger partial charge in [0.05, 0.1) is 17.9 Å². The number of sulfonamides is 1. The molecule has 0 radical (unpaired) electrons. The monoisotopic (exact) mass is 287 g/mol. The van der Waals surface area contributed by atoms with Crippen molar-refractivity contribution in [1.29, 1.82) is 0 Å². The lowest BCUT2D eigenvalue weighted by atomic mass is 10.1. The van der Waals surface area contributed by atoms with Gasteiger partial charge < -0.3 is 9.72 Å². The van der Waals surface area contributed by atoms with Crippen molar-refractivity contribution in [2.75, 3.05) is 13.1 Å². The number of H-pyrrole nitrogens is 1. The average Bonchev–Trinajstić information content (AvgIpc) is 2.75. The molecular formula is C12H21N3O3S. The van der Waals surface area contributed by atoms with E-state index in [2.05, 4.69) is 9.97 Å². The van der Waals surface area contributed by atoms with Gasteiger partial charge in [0.2, 0.25) is 0 Å². The summed E-state index contributed by atoms with van der Waals surface area (Å²) in [5, 5.41) is 0.161. The third kappa shape index (κ3) is 2.98. The lowest BCUT2D eigenvalue weighted by Gasteiger charge is -2.40. The number of rotatable bonds is 3. The quantitative estimate of drug-likeness (QED) is 0.905. The molecule has 1 unspecified atom stereocenters. The molecule has 1 aromatic heterocycles. The van der Waals surface area contributed by atoms with Crippen molar-refractivity contribution in [2.45, 2.75) is 50.8 Å². The zero-order valence-corrected chi connectivity index (χ0v) is 12.6. The Morgan fingerprint density at radius 2 is 2.26 bits per heavy atom. The molecular weight excluding hydrogens is 266 g/mol. The number of aryl methyl sites for hydroxylation is 1. The van der Waals surface area contributed by atoms with Crippen LogP contribution in [0.15, 0.2) is 11.2 Å². The highest BCUT2D eigenvalue weighted by Crippen LogP contribution is 2.25. The maximum atomic E-state index is 12.5. The number of aromatic nitrogens is 2. The topological polar surface area (TPSA) is 75.3 Å². The molecule has 0 aromatic carbocycles. The molecule has 7 heteroatoms. The molecule has 1 saturated heterocycles. The van der Waals surface area contributed by atoms with Crippen LogP contribution in [0.2, 0.25) is 0 Å². The van der Waals surface area contributed by atoms with Gasteiger partial charge in [-0.3, -0.25) is 0 Å². The van der Waals surface area contributed by atoms with Crippen LogP contribution in [-0.2, 0) is 21.2 Å². The number of ether oxygens (including phenoxy) is 1. The Bertz CT molecular complexity index is 550. The van der Waals surface area contributed by atoms with E-state index in [1.165, 1.54) is 10.5 Å². The zero-order chi connectivity index (χ0) is 14.3. The first-order valence-electron chi connectivity index (χ1n) is 6.46. The van der Waals surface area contributed by atoms with E-state index in [1.807, 2.05) is 27.7 Å². The molecule has 1 fully saturated rings. The maximum absolute atomic E-state index is 12.5. The molecule has 1 aliphatic rings. The summed E-state index contributed by atoms with van der Waals surface area (Å²) >= 11 is 0. The van der Waals surface area contributed by atoms with Gasteiger partial charge in [0.25, 0.3) is 10.0 Å². The predicted molar refractivity (Wildman–Crippen MR) is 71.4 cm³/mol. The van der Waals surface area contributed by atoms with Crippen molar-refractivity contribution in [3.63, 3.8) is 0 Å². The first kappa shape index (κ1) is 14.5. The summed E-state index contributed by atoms with van der Waals surface area (Å²) in [5.74, 6) is 0.680. The van der Waals surface area contributed by atoms with E-state index >= 15 is 0 Å². The lowest BCUT2D eigenvalue weighted by Crippen LogP contribution is -2.53. The molecule has 1 N–H and O–H groups in total. The zero-order valence-electron chi connectivity index (χ0n) is 11.8. The van der Waals surface area contributed by atoms with Gasteiger partial charge in [-0.2, -0.15) is 4.31 Å². The van der Waals surface area contributed by atoms with Crippen molar-refractivity contribution in [3.05, 3.63) is 12.0 Å². The molecule has 0 aliphatic carbocycles. The van der Waals surface area contributed by atoms with Crippen molar-refractivity contribution < 1.29 is 13.2 Å². The fourth-order valence-electron chi connectivity index (χ4n) is 2.37. The van der Waals surface area contributed by atoms with E-state index in [1.54, 1.807) is 0 Å². The Morgan fingerprint density at radius 3 is 2.79 bits per heavy atom. The Kier molecular flexibility index (Phi) is 3.72. The van der Waals surface area contributed by atoms with Crippen LogP contribution in [0, 0.1) is 0 Å². The van der Waals surface area contributed by atoms with E-state index in [0.29, 0.717) is 25.3 Å². The molecule has 108 valence electrons. The number of nitrogens with zero attached hydrogens (tertiary/aromatic N) is 2. The van der Waals surface area contributed by atoms with Crippen molar-refractivity contribution in [3.8, 4) is 0 Å². The SMILES string of the molecule is CCc1ncc(S(=O)(=O)N2CC(C)OC(C)(C)C2)[nH]1. The molecule has 1 aromatic rings. The molecule has 6 nitrogen and oxygen atoms in total. The van der Waals surface area contributed by atoms with Crippen LogP contribution in [0.4, 0.5) is 0 Å². The number of hydrogen-bond acceptors (Lipinski definition) is 4. The number of morpholine rings is 1. The van der Waals surface area contributed by atoms with Gasteiger partial charge in [-0.1, -0.05) is 6.92 Å². The van der Waals surface area contributed by atoms with Crippen LogP contribution >= 0.6 is 0 Å². The minimum atomic E-state index is -3.52. The summed E-state index contributed by atoms with van der Waals surface area (Å²) in [7, 11) is -3.52. The Hall–Kier alpha value is -0.920. The molecule has 0 spiro atoms. The van der Waals surface area contributed by atoms with Gasteiger partial charge in [-0.15, -0.1) is 0 Å². The number of aromatic amines is 1. The number of nitrogens with one attached hydrogen (secondary N) is 1. The standard InChI is InChI=1S/C12H21N3O3S/c1-5-10-13-6-11(14-10)19(16,17)15-7-9(2)18-12(3,4)8-15/h6,9H,5,7-8H2,1-4H3,(H,13,14). The Balaban J connectivity index is 2.28. The molecule has 2 rings (SSSR count). The van der Waals surface area contributed by atoms with E-state index in [0.717, 1.165) is 0 Å². The van der Waals surface area contributed by atoms with Crippen LogP contribution in [0.1, 0.15) is 33.5 Å². The van der Waals surface area contributed by atoms with Gasteiger partial charge in [-0.05, 0) is 20.8 Å². The molecule has 1 atom stereocenters. The predicted octanol–water partition coefficient (Wildman–Crippen LogP) is 1.16. The molecule has 1 aliphatic heterocycles. The highest BCUT2D eigenvalue weighted by molar-refractivity contribution is 7.89. The lowest BCUT2D eigenvalue weighted by molar-refractivity contribution is -0.109. The third-order valence-electron chi connectivity index (χ3n) is 3.10. The van der Waals surface area contributed by atoms with Gasteiger partial charge in [-0.25, -0.2) is 13.4 Å². The highest BCUT2D eigenvalue weighted by Gasteiger charge is 2.38. The van der Waals surface area contributed by atoms with Crippen LogP contribution in [-0.4, -0.2) is 47.5 Å². The van der Waals surface area contributed by atoms with Gasteiger partial charge >= 0.3 is 0 Å². The summed E-state index contributed by atoms with van der Waals surface area (Å²) in [6.45, 7) is 8.32. The first-order valence-corrected chi connectivity index (χ1v) is 7.90. The minimum Gasteiger partial charge on any atom is -0.370 e. The van der Waals surface area contributed by atoms with Crippen molar-refractivity contribution in [1.82, 2.24) is 14.3 Å². The second-order valence-electron chi connectivity index (χ2n) is 5.53. The highest BCUT2D eigenvalue weighted by atomic mass is 32.2. The van der Waals surface area contributed by atoms with Crippen LogP contribution in [0.3, 0.4) is 0 Å². The minimum absolute atomic E-state index is 0.118. The Morgan fingerprint density at radius 1 is 1.58 bits per heavy atom. The van der Waals surface area contributed by atoms with E-state index in [-0.39, 0.29) is 11.1 Å². The Labute approximate surface area is 114 Å². The number of imidazole rings is 1.